The van der Waals surface area contributed by atoms with Crippen molar-refractivity contribution in [2.45, 2.75) is 41.7 Å². The molecule has 2 aromatic rings. The van der Waals surface area contributed by atoms with E-state index in [9.17, 15) is 13.2 Å². The van der Waals surface area contributed by atoms with Crippen molar-refractivity contribution in [1.82, 2.24) is 5.32 Å². The summed E-state index contributed by atoms with van der Waals surface area (Å²) in [5.41, 5.74) is -0.135. The molecule has 4 rings (SSSR count). The second-order valence-electron chi connectivity index (χ2n) is 8.67. The smallest absolute Gasteiger partial charge is 0.327 e. The fourth-order valence-corrected chi connectivity index (χ4v) is 7.14. The SMILES string of the molecule is COC(=O)C1(S(=O)(=O)c2ccc(Oc3ccc(OC)cc3)cc2)CCC2(CCNCC2)C1. The average molecular weight is 460 g/mol. The third-order valence-corrected chi connectivity index (χ3v) is 9.32. The molecule has 8 heteroatoms. The van der Waals surface area contributed by atoms with Crippen molar-refractivity contribution < 1.29 is 27.4 Å². The topological polar surface area (TPSA) is 90.9 Å². The normalized spacial score (nSPS) is 22.4. The number of carbonyl (C=O) groups excluding carboxylic acids is 1. The first-order valence-electron chi connectivity index (χ1n) is 10.8. The van der Waals surface area contributed by atoms with Crippen molar-refractivity contribution in [2.75, 3.05) is 27.3 Å². The predicted octanol–water partition coefficient (Wildman–Crippen LogP) is 3.73. The molecule has 172 valence electrons. The molecule has 1 saturated carbocycles. The van der Waals surface area contributed by atoms with Crippen molar-refractivity contribution in [3.63, 3.8) is 0 Å². The van der Waals surface area contributed by atoms with Crippen molar-refractivity contribution in [3.8, 4) is 17.2 Å². The fraction of sp³-hybridized carbons (Fsp3) is 0.458. The van der Waals surface area contributed by atoms with E-state index < -0.39 is 20.6 Å². The molecule has 1 N–H and O–H groups in total. The summed E-state index contributed by atoms with van der Waals surface area (Å²) in [5, 5.41) is 3.32. The highest BCUT2D eigenvalue weighted by atomic mass is 32.2. The zero-order valence-corrected chi connectivity index (χ0v) is 19.2. The van der Waals surface area contributed by atoms with Crippen molar-refractivity contribution in [3.05, 3.63) is 48.5 Å². The number of methoxy groups -OCH3 is 2. The van der Waals surface area contributed by atoms with E-state index in [1.54, 1.807) is 43.5 Å². The molecule has 1 saturated heterocycles. The van der Waals surface area contributed by atoms with Gasteiger partial charge in [0, 0.05) is 0 Å². The zero-order chi connectivity index (χ0) is 22.8. The third-order valence-electron chi connectivity index (χ3n) is 6.88. The van der Waals surface area contributed by atoms with Crippen LogP contribution in [0.15, 0.2) is 53.4 Å². The lowest BCUT2D eigenvalue weighted by Crippen LogP contribution is -2.47. The quantitative estimate of drug-likeness (QED) is 0.658. The number of hydrogen-bond donors (Lipinski definition) is 1. The van der Waals surface area contributed by atoms with E-state index in [4.69, 9.17) is 14.2 Å². The van der Waals surface area contributed by atoms with Gasteiger partial charge in [0.2, 0.25) is 0 Å². The molecule has 1 unspecified atom stereocenters. The van der Waals surface area contributed by atoms with E-state index >= 15 is 0 Å². The van der Waals surface area contributed by atoms with Gasteiger partial charge in [-0.05, 0) is 99.1 Å². The highest BCUT2D eigenvalue weighted by Crippen LogP contribution is 2.54. The van der Waals surface area contributed by atoms with E-state index in [-0.39, 0.29) is 16.7 Å². The number of esters is 1. The van der Waals surface area contributed by atoms with E-state index in [0.717, 1.165) is 31.7 Å². The van der Waals surface area contributed by atoms with Gasteiger partial charge in [0.15, 0.2) is 14.6 Å². The first-order chi connectivity index (χ1) is 15.3. The highest BCUT2D eigenvalue weighted by Gasteiger charge is 2.61. The van der Waals surface area contributed by atoms with E-state index in [1.807, 2.05) is 0 Å². The summed E-state index contributed by atoms with van der Waals surface area (Å²) in [5.74, 6) is 1.17. The Morgan fingerprint density at radius 2 is 1.41 bits per heavy atom. The third kappa shape index (κ3) is 3.97. The Kier molecular flexibility index (Phi) is 6.18. The van der Waals surface area contributed by atoms with Crippen LogP contribution in [0.5, 0.6) is 17.2 Å². The van der Waals surface area contributed by atoms with Gasteiger partial charge in [-0.3, -0.25) is 4.79 Å². The minimum absolute atomic E-state index is 0.107. The molecule has 0 radical (unpaired) electrons. The minimum Gasteiger partial charge on any atom is -0.497 e. The molecule has 2 fully saturated rings. The maximum absolute atomic E-state index is 13.8. The number of carbonyl (C=O) groups is 1. The van der Waals surface area contributed by atoms with Crippen LogP contribution >= 0.6 is 0 Å². The molecule has 2 aliphatic rings. The monoisotopic (exact) mass is 459 g/mol. The summed E-state index contributed by atoms with van der Waals surface area (Å²) in [7, 11) is -1.10. The maximum Gasteiger partial charge on any atom is 0.327 e. The lowest BCUT2D eigenvalue weighted by atomic mass is 9.77. The largest absolute Gasteiger partial charge is 0.497 e. The van der Waals surface area contributed by atoms with Gasteiger partial charge in [0.05, 0.1) is 19.1 Å². The predicted molar refractivity (Wildman–Crippen MR) is 120 cm³/mol. The Balaban J connectivity index is 1.59. The van der Waals surface area contributed by atoms with Crippen molar-refractivity contribution in [1.29, 1.82) is 0 Å². The molecule has 1 atom stereocenters. The fourth-order valence-electron chi connectivity index (χ4n) is 5.03. The number of rotatable bonds is 6. The second kappa shape index (κ2) is 8.75. The van der Waals surface area contributed by atoms with Crippen LogP contribution in [0.25, 0.3) is 0 Å². The van der Waals surface area contributed by atoms with Crippen molar-refractivity contribution in [2.24, 2.45) is 5.41 Å². The molecule has 1 aliphatic carbocycles. The van der Waals surface area contributed by atoms with Crippen LogP contribution in [-0.2, 0) is 19.4 Å². The molecule has 0 aromatic heterocycles. The molecule has 7 nitrogen and oxygen atoms in total. The number of nitrogens with one attached hydrogen (secondary N) is 1. The molecule has 1 heterocycles. The number of hydrogen-bond acceptors (Lipinski definition) is 7. The summed E-state index contributed by atoms with van der Waals surface area (Å²) in [6.07, 6.45) is 3.04. The van der Waals surface area contributed by atoms with Gasteiger partial charge in [0.1, 0.15) is 17.2 Å². The number of benzene rings is 2. The van der Waals surface area contributed by atoms with Crippen LogP contribution in [0, 0.1) is 5.41 Å². The minimum atomic E-state index is -3.95. The molecule has 0 bridgehead atoms. The Morgan fingerprint density at radius 1 is 0.844 bits per heavy atom. The van der Waals surface area contributed by atoms with Crippen LogP contribution in [0.4, 0.5) is 0 Å². The van der Waals surface area contributed by atoms with Gasteiger partial charge in [-0.2, -0.15) is 0 Å². The molecular formula is C24H29NO6S. The second-order valence-corrected chi connectivity index (χ2v) is 10.9. The number of ether oxygens (including phenoxy) is 3. The van der Waals surface area contributed by atoms with Gasteiger partial charge in [-0.15, -0.1) is 0 Å². The summed E-state index contributed by atoms with van der Waals surface area (Å²) in [4.78, 5) is 13.0. The summed E-state index contributed by atoms with van der Waals surface area (Å²) in [6, 6.07) is 13.3. The molecule has 1 aliphatic heterocycles. The lowest BCUT2D eigenvalue weighted by Gasteiger charge is -2.35. The Morgan fingerprint density at radius 3 is 1.97 bits per heavy atom. The van der Waals surface area contributed by atoms with Crippen LogP contribution in [0.2, 0.25) is 0 Å². The zero-order valence-electron chi connectivity index (χ0n) is 18.4. The van der Waals surface area contributed by atoms with E-state index in [1.165, 1.54) is 19.2 Å². The first-order valence-corrected chi connectivity index (χ1v) is 12.3. The van der Waals surface area contributed by atoms with Gasteiger partial charge in [0.25, 0.3) is 0 Å². The Bertz CT molecular complexity index is 1060. The highest BCUT2D eigenvalue weighted by molar-refractivity contribution is 7.93. The van der Waals surface area contributed by atoms with Crippen LogP contribution in [-0.4, -0.2) is 46.4 Å². The molecule has 0 amide bonds. The summed E-state index contributed by atoms with van der Waals surface area (Å²) < 4.78 is 41.9. The molecule has 1 spiro atoms. The maximum atomic E-state index is 13.8. The van der Waals surface area contributed by atoms with Gasteiger partial charge >= 0.3 is 5.97 Å². The first kappa shape index (κ1) is 22.6. The molecular weight excluding hydrogens is 430 g/mol. The standard InChI is InChI=1S/C24H29NO6S/c1-29-18-3-5-19(6-4-18)31-20-7-9-21(10-8-20)32(27,28)24(22(26)30-2)12-11-23(17-24)13-15-25-16-14-23/h3-10,25H,11-17H2,1-2H3. The van der Waals surface area contributed by atoms with Crippen molar-refractivity contribution >= 4 is 15.8 Å². The summed E-state index contributed by atoms with van der Waals surface area (Å²) in [6.45, 7) is 1.68. The van der Waals surface area contributed by atoms with Crippen LogP contribution in [0.1, 0.15) is 32.1 Å². The number of piperidine rings is 1. The van der Waals surface area contributed by atoms with Crippen LogP contribution in [0.3, 0.4) is 0 Å². The van der Waals surface area contributed by atoms with Gasteiger partial charge < -0.3 is 19.5 Å². The van der Waals surface area contributed by atoms with Gasteiger partial charge in [-0.25, -0.2) is 8.42 Å². The lowest BCUT2D eigenvalue weighted by molar-refractivity contribution is -0.143. The molecule has 32 heavy (non-hydrogen) atoms. The Hall–Kier alpha value is -2.58. The summed E-state index contributed by atoms with van der Waals surface area (Å²) >= 11 is 0. The van der Waals surface area contributed by atoms with Gasteiger partial charge in [-0.1, -0.05) is 0 Å². The average Bonchev–Trinajstić information content (AvgIpc) is 3.20. The van der Waals surface area contributed by atoms with E-state index in [0.29, 0.717) is 24.3 Å². The molecule has 2 aromatic carbocycles. The van der Waals surface area contributed by atoms with E-state index in [2.05, 4.69) is 5.32 Å². The Labute approximate surface area is 189 Å². The number of sulfone groups is 1. The van der Waals surface area contributed by atoms with Crippen LogP contribution < -0.4 is 14.8 Å².